The molecule has 1 amide bonds. The molecule has 1 aliphatic rings. The number of carbonyl (C=O) groups is 1. The zero-order valence-corrected chi connectivity index (χ0v) is 17.4. The van der Waals surface area contributed by atoms with Crippen LogP contribution in [0.25, 0.3) is 0 Å². The van der Waals surface area contributed by atoms with Gasteiger partial charge in [-0.25, -0.2) is 12.7 Å². The predicted molar refractivity (Wildman–Crippen MR) is 109 cm³/mol. The molecule has 0 aromatic heterocycles. The Morgan fingerprint density at radius 3 is 2.26 bits per heavy atom. The molecule has 5 nitrogen and oxygen atoms in total. The number of benzene rings is 2. The van der Waals surface area contributed by atoms with Crippen molar-refractivity contribution in [2.24, 2.45) is 5.92 Å². The first-order chi connectivity index (χ1) is 12.9. The van der Waals surface area contributed by atoms with Crippen LogP contribution in [0.3, 0.4) is 0 Å². The van der Waals surface area contributed by atoms with Gasteiger partial charge in [0.1, 0.15) is 0 Å². The summed E-state index contributed by atoms with van der Waals surface area (Å²) in [6.45, 7) is 1.28. The molecule has 0 bridgehead atoms. The Balaban J connectivity index is 1.50. The topological polar surface area (TPSA) is 66.5 Å². The number of nitrogens with zero attached hydrogens (tertiary/aromatic N) is 1. The lowest BCUT2D eigenvalue weighted by Gasteiger charge is -2.30. The van der Waals surface area contributed by atoms with Crippen molar-refractivity contribution in [1.29, 1.82) is 0 Å². The summed E-state index contributed by atoms with van der Waals surface area (Å²) >= 11 is 3.35. The SMILES string of the molecule is O=C(NCc1ccccc1)C1CCN(S(=O)(=O)Cc2ccc(Br)cc2)CC1. The minimum atomic E-state index is -3.37. The molecule has 0 aliphatic carbocycles. The van der Waals surface area contributed by atoms with E-state index in [0.717, 1.165) is 15.6 Å². The molecule has 0 unspecified atom stereocenters. The summed E-state index contributed by atoms with van der Waals surface area (Å²) in [6, 6.07) is 17.1. The van der Waals surface area contributed by atoms with Crippen molar-refractivity contribution >= 4 is 31.9 Å². The molecule has 3 rings (SSSR count). The fraction of sp³-hybridized carbons (Fsp3) is 0.350. The molecule has 1 N–H and O–H groups in total. The van der Waals surface area contributed by atoms with Crippen molar-refractivity contribution in [2.45, 2.75) is 25.1 Å². The van der Waals surface area contributed by atoms with Gasteiger partial charge in [-0.2, -0.15) is 0 Å². The molecule has 1 saturated heterocycles. The molecule has 0 saturated carbocycles. The summed E-state index contributed by atoms with van der Waals surface area (Å²) < 4.78 is 27.7. The molecule has 0 atom stereocenters. The van der Waals surface area contributed by atoms with Gasteiger partial charge in [-0.3, -0.25) is 4.79 Å². The van der Waals surface area contributed by atoms with Crippen molar-refractivity contribution in [3.05, 3.63) is 70.2 Å². The van der Waals surface area contributed by atoms with E-state index in [0.29, 0.717) is 32.5 Å². The molecule has 1 fully saturated rings. The van der Waals surface area contributed by atoms with Crippen molar-refractivity contribution in [2.75, 3.05) is 13.1 Å². The first-order valence-electron chi connectivity index (χ1n) is 8.98. The van der Waals surface area contributed by atoms with Gasteiger partial charge in [-0.05, 0) is 36.1 Å². The zero-order chi connectivity index (χ0) is 19.3. The molecule has 144 valence electrons. The second-order valence-electron chi connectivity index (χ2n) is 6.76. The number of sulfonamides is 1. The summed E-state index contributed by atoms with van der Waals surface area (Å²) in [5.74, 6) is -0.137. The van der Waals surface area contributed by atoms with E-state index >= 15 is 0 Å². The number of hydrogen-bond donors (Lipinski definition) is 1. The number of amides is 1. The third-order valence-electron chi connectivity index (χ3n) is 4.79. The molecule has 1 aliphatic heterocycles. The van der Waals surface area contributed by atoms with E-state index in [-0.39, 0.29) is 17.6 Å². The van der Waals surface area contributed by atoms with Crippen LogP contribution < -0.4 is 5.32 Å². The van der Waals surface area contributed by atoms with Crippen LogP contribution in [-0.4, -0.2) is 31.7 Å². The van der Waals surface area contributed by atoms with E-state index in [1.54, 1.807) is 0 Å². The smallest absolute Gasteiger partial charge is 0.223 e. The Bertz CT molecular complexity index is 862. The van der Waals surface area contributed by atoms with E-state index < -0.39 is 10.0 Å². The van der Waals surface area contributed by atoms with Crippen LogP contribution in [0.15, 0.2) is 59.1 Å². The Labute approximate surface area is 169 Å². The van der Waals surface area contributed by atoms with Crippen LogP contribution in [0, 0.1) is 5.92 Å². The number of piperidine rings is 1. The highest BCUT2D eigenvalue weighted by molar-refractivity contribution is 9.10. The van der Waals surface area contributed by atoms with Gasteiger partial charge in [-0.15, -0.1) is 0 Å². The number of halogens is 1. The molecule has 1 heterocycles. The molecule has 7 heteroatoms. The molecule has 0 spiro atoms. The van der Waals surface area contributed by atoms with E-state index in [1.807, 2.05) is 54.6 Å². The molecule has 2 aromatic rings. The highest BCUT2D eigenvalue weighted by Crippen LogP contribution is 2.22. The molecule has 2 aromatic carbocycles. The molecular formula is C20H23BrN2O3S. The fourth-order valence-electron chi connectivity index (χ4n) is 3.21. The summed E-state index contributed by atoms with van der Waals surface area (Å²) in [5, 5.41) is 2.96. The van der Waals surface area contributed by atoms with Crippen LogP contribution >= 0.6 is 15.9 Å². The molecular weight excluding hydrogens is 428 g/mol. The van der Waals surface area contributed by atoms with Gasteiger partial charge < -0.3 is 5.32 Å². The largest absolute Gasteiger partial charge is 0.352 e. The highest BCUT2D eigenvalue weighted by atomic mass is 79.9. The fourth-order valence-corrected chi connectivity index (χ4v) is 5.04. The monoisotopic (exact) mass is 450 g/mol. The summed E-state index contributed by atoms with van der Waals surface area (Å²) in [7, 11) is -3.37. The molecule has 0 radical (unpaired) electrons. The van der Waals surface area contributed by atoms with E-state index in [1.165, 1.54) is 4.31 Å². The lowest BCUT2D eigenvalue weighted by molar-refractivity contribution is -0.126. The summed E-state index contributed by atoms with van der Waals surface area (Å²) in [4.78, 5) is 12.4. The van der Waals surface area contributed by atoms with Crippen LogP contribution in [-0.2, 0) is 27.1 Å². The number of carbonyl (C=O) groups excluding carboxylic acids is 1. The van der Waals surface area contributed by atoms with Crippen LogP contribution in [0.2, 0.25) is 0 Å². The normalized spacial score (nSPS) is 16.2. The van der Waals surface area contributed by atoms with Gasteiger partial charge in [0.2, 0.25) is 15.9 Å². The zero-order valence-electron chi connectivity index (χ0n) is 15.0. The number of hydrogen-bond acceptors (Lipinski definition) is 3. The van der Waals surface area contributed by atoms with Gasteiger partial charge in [0, 0.05) is 30.0 Å². The second kappa shape index (κ2) is 8.99. The van der Waals surface area contributed by atoms with Gasteiger partial charge in [0.05, 0.1) is 5.75 Å². The average molecular weight is 451 g/mol. The Morgan fingerprint density at radius 1 is 1.00 bits per heavy atom. The van der Waals surface area contributed by atoms with E-state index in [2.05, 4.69) is 21.2 Å². The predicted octanol–water partition coefficient (Wildman–Crippen LogP) is 3.31. The summed E-state index contributed by atoms with van der Waals surface area (Å²) in [5.41, 5.74) is 1.82. The van der Waals surface area contributed by atoms with E-state index in [9.17, 15) is 13.2 Å². The third-order valence-corrected chi connectivity index (χ3v) is 7.17. The van der Waals surface area contributed by atoms with E-state index in [4.69, 9.17) is 0 Å². The average Bonchev–Trinajstić information content (AvgIpc) is 2.69. The van der Waals surface area contributed by atoms with Crippen molar-refractivity contribution in [3.8, 4) is 0 Å². The number of rotatable bonds is 6. The van der Waals surface area contributed by atoms with Gasteiger partial charge in [0.15, 0.2) is 0 Å². The Morgan fingerprint density at radius 2 is 1.63 bits per heavy atom. The minimum absolute atomic E-state index is 0.00353. The van der Waals surface area contributed by atoms with Crippen LogP contribution in [0.4, 0.5) is 0 Å². The highest BCUT2D eigenvalue weighted by Gasteiger charge is 2.31. The van der Waals surface area contributed by atoms with Crippen molar-refractivity contribution in [3.63, 3.8) is 0 Å². The Kier molecular flexibility index (Phi) is 6.68. The van der Waals surface area contributed by atoms with Crippen LogP contribution in [0.1, 0.15) is 24.0 Å². The maximum Gasteiger partial charge on any atom is 0.223 e. The van der Waals surface area contributed by atoms with Gasteiger partial charge >= 0.3 is 0 Å². The second-order valence-corrected chi connectivity index (χ2v) is 9.64. The summed E-state index contributed by atoms with van der Waals surface area (Å²) in [6.07, 6.45) is 1.11. The maximum atomic E-state index is 12.6. The first-order valence-corrected chi connectivity index (χ1v) is 11.4. The van der Waals surface area contributed by atoms with Crippen LogP contribution in [0.5, 0.6) is 0 Å². The standard InChI is InChI=1S/C20H23BrN2O3S/c21-19-8-6-17(7-9-19)15-27(25,26)23-12-10-18(11-13-23)20(24)22-14-16-4-2-1-3-5-16/h1-9,18H,10-15H2,(H,22,24). The first kappa shape index (κ1) is 20.0. The van der Waals surface area contributed by atoms with Gasteiger partial charge in [-0.1, -0.05) is 58.4 Å². The lowest BCUT2D eigenvalue weighted by atomic mass is 9.97. The van der Waals surface area contributed by atoms with Crippen molar-refractivity contribution < 1.29 is 13.2 Å². The quantitative estimate of drug-likeness (QED) is 0.733. The maximum absolute atomic E-state index is 12.6. The molecule has 27 heavy (non-hydrogen) atoms. The lowest BCUT2D eigenvalue weighted by Crippen LogP contribution is -2.43. The third kappa shape index (κ3) is 5.64. The van der Waals surface area contributed by atoms with Gasteiger partial charge in [0.25, 0.3) is 0 Å². The number of nitrogens with one attached hydrogen (secondary N) is 1. The Hall–Kier alpha value is -1.70. The van der Waals surface area contributed by atoms with Crippen molar-refractivity contribution in [1.82, 2.24) is 9.62 Å². The minimum Gasteiger partial charge on any atom is -0.352 e.